The Morgan fingerprint density at radius 3 is 2.03 bits per heavy atom. The van der Waals surface area contributed by atoms with Crippen molar-refractivity contribution in [3.63, 3.8) is 0 Å². The molecular weight excluding hydrogens is 410 g/mol. The fourth-order valence-corrected chi connectivity index (χ4v) is 4.94. The van der Waals surface area contributed by atoms with Crippen LogP contribution in [0.4, 0.5) is 0 Å². The van der Waals surface area contributed by atoms with Gasteiger partial charge in [-0.3, -0.25) is 0 Å². The number of aromatic carboxylic acids is 1. The number of rotatable bonds is 4. The molecule has 6 rings (SSSR count). The molecule has 4 bridgehead atoms. The van der Waals surface area contributed by atoms with Gasteiger partial charge >= 0.3 is 5.97 Å². The summed E-state index contributed by atoms with van der Waals surface area (Å²) < 4.78 is 17.5. The lowest BCUT2D eigenvalue weighted by Gasteiger charge is -2.38. The van der Waals surface area contributed by atoms with Gasteiger partial charge < -0.3 is 29.8 Å². The van der Waals surface area contributed by atoms with Crippen LogP contribution >= 0.6 is 0 Å². The Kier molecular flexibility index (Phi) is 6.33. The second kappa shape index (κ2) is 9.02. The molecule has 1 unspecified atom stereocenters. The standard InChI is InChI=1S/C17H18O6.C8H11N/c1-7-11-8(2)13-15(14(21-11)12(7)22-13)23-17(20)10-6-4-3-5-9(10)16(18)19;1-7(9)8-5-3-2-4-6-8/h3-8,11-15H,1-2H3,(H,18,19);2-7H,9H2,1H3/t7-,8+,11?,12+,13-,14-,15-;7-/m10/s1. The van der Waals surface area contributed by atoms with Gasteiger partial charge in [0, 0.05) is 23.0 Å². The SMILES string of the molecule is C[C@@H]1C2O[C@H]3[C@H](OC(=O)c4ccccc4C(=O)[O-])[C@H](O[C@H]31)[C@H]2C.C[C@H]([NH3+])c1ccccc1. The van der Waals surface area contributed by atoms with Gasteiger partial charge in [0.1, 0.15) is 18.2 Å². The van der Waals surface area contributed by atoms with Gasteiger partial charge in [0.2, 0.25) is 0 Å². The van der Waals surface area contributed by atoms with Crippen LogP contribution < -0.4 is 10.8 Å². The van der Waals surface area contributed by atoms with E-state index in [9.17, 15) is 14.7 Å². The quantitative estimate of drug-likeness (QED) is 0.721. The minimum atomic E-state index is -1.40. The maximum atomic E-state index is 12.4. The van der Waals surface area contributed by atoms with Crippen LogP contribution in [0.15, 0.2) is 54.6 Å². The average Bonchev–Trinajstić information content (AvgIpc) is 3.23. The molecule has 4 aliphatic rings. The molecule has 170 valence electrons. The van der Waals surface area contributed by atoms with Gasteiger partial charge in [-0.25, -0.2) is 4.79 Å². The molecule has 3 N–H and O–H groups in total. The number of benzene rings is 2. The number of carbonyl (C=O) groups is 2. The van der Waals surface area contributed by atoms with Crippen LogP contribution in [0.3, 0.4) is 0 Å². The van der Waals surface area contributed by atoms with Gasteiger partial charge in [-0.05, 0) is 13.0 Å². The number of esters is 1. The first kappa shape index (κ1) is 22.5. The molecule has 32 heavy (non-hydrogen) atoms. The van der Waals surface area contributed by atoms with E-state index in [1.165, 1.54) is 23.8 Å². The summed E-state index contributed by atoms with van der Waals surface area (Å²) in [6, 6.07) is 16.6. The third-order valence-corrected chi connectivity index (χ3v) is 6.65. The lowest BCUT2D eigenvalue weighted by atomic mass is 9.87. The second-order valence-corrected chi connectivity index (χ2v) is 8.86. The first-order chi connectivity index (χ1) is 15.3. The zero-order valence-electron chi connectivity index (χ0n) is 18.5. The van der Waals surface area contributed by atoms with Crippen LogP contribution in [-0.4, -0.2) is 42.5 Å². The molecule has 0 amide bonds. The molecule has 0 radical (unpaired) electrons. The van der Waals surface area contributed by atoms with E-state index >= 15 is 0 Å². The van der Waals surface area contributed by atoms with Crippen molar-refractivity contribution in [1.29, 1.82) is 0 Å². The fourth-order valence-electron chi connectivity index (χ4n) is 4.94. The Hall–Kier alpha value is -2.74. The average molecular weight is 440 g/mol. The van der Waals surface area contributed by atoms with E-state index in [1.807, 2.05) is 25.1 Å². The molecule has 2 aromatic rings. The lowest BCUT2D eigenvalue weighted by molar-refractivity contribution is -0.420. The maximum absolute atomic E-state index is 12.4. The number of carbonyl (C=O) groups excluding carboxylic acids is 2. The maximum Gasteiger partial charge on any atom is 0.339 e. The summed E-state index contributed by atoms with van der Waals surface area (Å²) in [5.74, 6) is -1.68. The highest BCUT2D eigenvalue weighted by atomic mass is 16.6. The van der Waals surface area contributed by atoms with E-state index in [2.05, 4.69) is 31.7 Å². The van der Waals surface area contributed by atoms with E-state index in [1.54, 1.807) is 6.07 Å². The van der Waals surface area contributed by atoms with Crippen LogP contribution in [0.2, 0.25) is 0 Å². The molecule has 4 saturated heterocycles. The van der Waals surface area contributed by atoms with Gasteiger partial charge in [-0.15, -0.1) is 0 Å². The van der Waals surface area contributed by atoms with Crippen LogP contribution in [0.1, 0.15) is 53.1 Å². The van der Waals surface area contributed by atoms with Crippen LogP contribution in [-0.2, 0) is 14.2 Å². The fraction of sp³-hybridized carbons (Fsp3) is 0.440. The van der Waals surface area contributed by atoms with Gasteiger partial charge in [0.25, 0.3) is 0 Å². The number of quaternary nitrogens is 1. The monoisotopic (exact) mass is 439 g/mol. The highest BCUT2D eigenvalue weighted by Crippen LogP contribution is 2.50. The predicted molar refractivity (Wildman–Crippen MR) is 113 cm³/mol. The topological polar surface area (TPSA) is 113 Å². The van der Waals surface area contributed by atoms with E-state index in [0.29, 0.717) is 6.04 Å². The predicted octanol–water partition coefficient (Wildman–Crippen LogP) is 1.39. The van der Waals surface area contributed by atoms with Crippen molar-refractivity contribution in [2.75, 3.05) is 0 Å². The molecule has 0 spiro atoms. The lowest BCUT2D eigenvalue weighted by Crippen LogP contribution is -2.51. The van der Waals surface area contributed by atoms with E-state index in [4.69, 9.17) is 14.2 Å². The van der Waals surface area contributed by atoms with E-state index in [0.717, 1.165) is 0 Å². The minimum absolute atomic E-state index is 0.00878. The third kappa shape index (κ3) is 4.03. The molecule has 0 aromatic heterocycles. The van der Waals surface area contributed by atoms with E-state index < -0.39 is 18.0 Å². The van der Waals surface area contributed by atoms with Crippen molar-refractivity contribution < 1.29 is 34.6 Å². The van der Waals surface area contributed by atoms with Crippen molar-refractivity contribution in [1.82, 2.24) is 0 Å². The zero-order chi connectivity index (χ0) is 23.0. The molecule has 4 heterocycles. The van der Waals surface area contributed by atoms with Crippen molar-refractivity contribution in [3.8, 4) is 0 Å². The summed E-state index contributed by atoms with van der Waals surface area (Å²) in [5.41, 5.74) is 5.03. The first-order valence-electron chi connectivity index (χ1n) is 11.0. The van der Waals surface area contributed by atoms with Crippen LogP contribution in [0.5, 0.6) is 0 Å². The Labute approximate surface area is 187 Å². The third-order valence-electron chi connectivity index (χ3n) is 6.65. The number of hydrogen-bond donors (Lipinski definition) is 1. The number of carboxylic acid groups (broad SMARTS) is 1. The molecule has 7 heteroatoms. The largest absolute Gasteiger partial charge is 0.545 e. The van der Waals surface area contributed by atoms with Crippen molar-refractivity contribution in [2.45, 2.75) is 57.3 Å². The van der Waals surface area contributed by atoms with Crippen LogP contribution in [0.25, 0.3) is 0 Å². The van der Waals surface area contributed by atoms with Crippen LogP contribution in [0, 0.1) is 11.8 Å². The van der Waals surface area contributed by atoms with Crippen molar-refractivity contribution in [3.05, 3.63) is 71.3 Å². The summed E-state index contributed by atoms with van der Waals surface area (Å²) in [5, 5.41) is 11.1. The van der Waals surface area contributed by atoms with E-state index in [-0.39, 0.29) is 47.4 Å². The van der Waals surface area contributed by atoms with Gasteiger partial charge in [0.15, 0.2) is 6.10 Å². The smallest absolute Gasteiger partial charge is 0.339 e. The Morgan fingerprint density at radius 2 is 1.44 bits per heavy atom. The molecule has 8 atom stereocenters. The summed E-state index contributed by atoms with van der Waals surface area (Å²) in [6.45, 7) is 6.20. The highest BCUT2D eigenvalue weighted by molar-refractivity contribution is 6.01. The van der Waals surface area contributed by atoms with Crippen molar-refractivity contribution in [2.24, 2.45) is 11.8 Å². The summed E-state index contributed by atoms with van der Waals surface area (Å²) >= 11 is 0. The zero-order valence-corrected chi connectivity index (χ0v) is 18.5. The molecule has 0 saturated carbocycles. The van der Waals surface area contributed by atoms with Crippen molar-refractivity contribution >= 4 is 11.9 Å². The number of hydrogen-bond acceptors (Lipinski definition) is 6. The van der Waals surface area contributed by atoms with Gasteiger partial charge in [-0.2, -0.15) is 0 Å². The summed E-state index contributed by atoms with van der Waals surface area (Å²) in [7, 11) is 0. The Morgan fingerprint density at radius 1 is 0.875 bits per heavy atom. The molecule has 4 fully saturated rings. The molecule has 2 aromatic carbocycles. The molecule has 4 aliphatic heterocycles. The Bertz CT molecular complexity index is 973. The summed E-state index contributed by atoms with van der Waals surface area (Å²) in [4.78, 5) is 23.6. The first-order valence-corrected chi connectivity index (χ1v) is 11.0. The minimum Gasteiger partial charge on any atom is -0.545 e. The van der Waals surface area contributed by atoms with Gasteiger partial charge in [0.05, 0.1) is 23.7 Å². The molecular formula is C25H29NO6. The Balaban J connectivity index is 0.000000230. The van der Waals surface area contributed by atoms with Gasteiger partial charge in [-0.1, -0.05) is 62.4 Å². The molecule has 0 aliphatic carbocycles. The number of ether oxygens (including phenoxy) is 3. The number of carboxylic acids is 1. The molecule has 7 nitrogen and oxygen atoms in total. The highest BCUT2D eigenvalue weighted by Gasteiger charge is 2.65. The summed E-state index contributed by atoms with van der Waals surface area (Å²) in [6.07, 6.45) is -0.891. The second-order valence-electron chi connectivity index (χ2n) is 8.86. The normalized spacial score (nSPS) is 32.7.